The number of carboxylic acid groups (broad SMARTS) is 4. The molecule has 0 aliphatic carbocycles. The first-order chi connectivity index (χ1) is 9.07. The fourth-order valence-electron chi connectivity index (χ4n) is 0.782. The molecule has 0 amide bonds. The van der Waals surface area contributed by atoms with Crippen molar-refractivity contribution in [3.05, 3.63) is 0 Å². The van der Waals surface area contributed by atoms with E-state index in [1.165, 1.54) is 0 Å². The Labute approximate surface area is 158 Å². The van der Waals surface area contributed by atoms with Crippen LogP contribution >= 0.6 is 0 Å². The fourth-order valence-corrected chi connectivity index (χ4v) is 0.782. The summed E-state index contributed by atoms with van der Waals surface area (Å²) in [4.78, 5) is 39.2. The monoisotopic (exact) mass is 338 g/mol. The van der Waals surface area contributed by atoms with Gasteiger partial charge in [-0.25, -0.2) is 0 Å². The van der Waals surface area contributed by atoms with E-state index in [1.54, 1.807) is 0 Å². The van der Waals surface area contributed by atoms with Gasteiger partial charge >= 0.3 is 46.1 Å². The van der Waals surface area contributed by atoms with Gasteiger partial charge in [0.15, 0.2) is 0 Å². The summed E-state index contributed by atoms with van der Waals surface area (Å²) in [6.45, 7) is 0. The minimum Gasteiger partial charge on any atom is -0.550 e. The van der Waals surface area contributed by atoms with Crippen LogP contribution in [0.3, 0.4) is 0 Å². The molecule has 0 spiro atoms. The zero-order chi connectivity index (χ0) is 16.3. The molecule has 2 atom stereocenters. The van der Waals surface area contributed by atoms with E-state index in [1.807, 2.05) is 0 Å². The summed E-state index contributed by atoms with van der Waals surface area (Å²) in [5, 5.41) is 39.2. The van der Waals surface area contributed by atoms with E-state index < -0.39 is 36.0 Å². The maximum absolute atomic E-state index is 9.86. The minimum atomic E-state index is -1.44. The molecule has 0 unspecified atom stereocenters. The summed E-state index contributed by atoms with van der Waals surface area (Å²) in [5.41, 5.74) is 9.82. The van der Waals surface area contributed by atoms with Crippen molar-refractivity contribution in [2.24, 2.45) is 11.5 Å². The summed E-state index contributed by atoms with van der Waals surface area (Å²) >= 11 is 0. The Balaban J connectivity index is -0.000000135. The van der Waals surface area contributed by atoms with Crippen LogP contribution < -0.4 is 31.9 Å². The van der Waals surface area contributed by atoms with Crippen LogP contribution in [0.2, 0.25) is 0 Å². The largest absolute Gasteiger partial charge is 2.00 e. The van der Waals surface area contributed by atoms with Crippen LogP contribution in [0, 0.1) is 0 Å². The second-order valence-corrected chi connectivity index (χ2v) is 3.67. The maximum atomic E-state index is 9.86. The molecule has 0 aliphatic rings. The number of rotatable bonds is 8. The van der Waals surface area contributed by atoms with E-state index in [9.17, 15) is 39.6 Å². The number of aliphatic carboxylic acids is 4. The number of hydrogen-bond acceptors (Lipinski definition) is 10. The first-order valence-electron chi connectivity index (χ1n) is 5.40. The third-order valence-electron chi connectivity index (χ3n) is 1.92. The van der Waals surface area contributed by atoms with Gasteiger partial charge in [0.2, 0.25) is 0 Å². The standard InChI is InChI=1S/2C5H9NO4.2Mg/c2*6-3(5(9)10)1-2-4(7)8;;/h2*3H,1-2,6H2,(H,7,8)(H,9,10);;/q;;2*+2/p-4/t2*3-;;/m00../s1. The van der Waals surface area contributed by atoms with Gasteiger partial charge in [0.25, 0.3) is 0 Å². The van der Waals surface area contributed by atoms with E-state index in [2.05, 4.69) is 0 Å². The van der Waals surface area contributed by atoms with Crippen LogP contribution in [-0.4, -0.2) is 82.1 Å². The van der Waals surface area contributed by atoms with Crippen LogP contribution in [0.5, 0.6) is 0 Å². The van der Waals surface area contributed by atoms with Gasteiger partial charge < -0.3 is 51.1 Å². The number of carbonyl (C=O) groups excluding carboxylic acids is 4. The average Bonchev–Trinajstić information content (AvgIpc) is 2.33. The van der Waals surface area contributed by atoms with Crippen molar-refractivity contribution in [2.45, 2.75) is 37.8 Å². The Morgan fingerprint density at radius 2 is 0.909 bits per heavy atom. The number of carbonyl (C=O) groups is 4. The SMILES string of the molecule is N[C@@H](CCC(=O)[O-])C(=O)[O-].N[C@@H](CCC(=O)[O-])C(=O)[O-].[Mg+2].[Mg+2]. The van der Waals surface area contributed by atoms with Gasteiger partial charge in [-0.05, 0) is 25.7 Å². The molecule has 0 fully saturated rings. The van der Waals surface area contributed by atoms with Gasteiger partial charge in [-0.1, -0.05) is 0 Å². The zero-order valence-electron chi connectivity index (χ0n) is 11.8. The van der Waals surface area contributed by atoms with E-state index in [-0.39, 0.29) is 71.8 Å². The van der Waals surface area contributed by atoms with Crippen LogP contribution in [0.1, 0.15) is 25.7 Å². The van der Waals surface area contributed by atoms with Crippen molar-refractivity contribution in [3.63, 3.8) is 0 Å². The van der Waals surface area contributed by atoms with Crippen LogP contribution in [0.4, 0.5) is 0 Å². The smallest absolute Gasteiger partial charge is 0.550 e. The van der Waals surface area contributed by atoms with Gasteiger partial charge in [-0.15, -0.1) is 0 Å². The molecule has 0 bridgehead atoms. The molecule has 116 valence electrons. The molecule has 0 aromatic heterocycles. The Morgan fingerprint density at radius 1 is 0.682 bits per heavy atom. The summed E-state index contributed by atoms with van der Waals surface area (Å²) in [6.07, 6.45) is -1.00. The molecule has 0 radical (unpaired) electrons. The van der Waals surface area contributed by atoms with Gasteiger partial charge in [-0.2, -0.15) is 0 Å². The van der Waals surface area contributed by atoms with Crippen molar-refractivity contribution < 1.29 is 39.6 Å². The van der Waals surface area contributed by atoms with Crippen LogP contribution in [0.15, 0.2) is 0 Å². The quantitative estimate of drug-likeness (QED) is 0.398. The number of carboxylic acids is 4. The second-order valence-electron chi connectivity index (χ2n) is 3.67. The molecule has 0 heterocycles. The average molecular weight is 339 g/mol. The number of hydrogen-bond donors (Lipinski definition) is 2. The maximum Gasteiger partial charge on any atom is 2.00 e. The summed E-state index contributed by atoms with van der Waals surface area (Å²) < 4.78 is 0. The van der Waals surface area contributed by atoms with E-state index >= 15 is 0 Å². The molecule has 12 heteroatoms. The van der Waals surface area contributed by atoms with Crippen molar-refractivity contribution in [2.75, 3.05) is 0 Å². The minimum absolute atomic E-state index is 0. The first kappa shape index (κ1) is 29.4. The Kier molecular flexibility index (Phi) is 22.3. The summed E-state index contributed by atoms with van der Waals surface area (Å²) in [7, 11) is 0. The molecule has 22 heavy (non-hydrogen) atoms. The molecule has 0 aromatic rings. The van der Waals surface area contributed by atoms with E-state index in [0.717, 1.165) is 0 Å². The molecular formula is C10H14Mg2N2O8. The van der Waals surface area contributed by atoms with Crippen LogP contribution in [-0.2, 0) is 19.2 Å². The predicted octanol–water partition coefficient (Wildman–Crippen LogP) is -7.57. The normalized spacial score (nSPS) is 11.4. The predicted molar refractivity (Wildman–Crippen MR) is 66.0 cm³/mol. The van der Waals surface area contributed by atoms with Crippen molar-refractivity contribution in [1.82, 2.24) is 0 Å². The molecule has 10 nitrogen and oxygen atoms in total. The van der Waals surface area contributed by atoms with E-state index in [0.29, 0.717) is 0 Å². The van der Waals surface area contributed by atoms with Crippen molar-refractivity contribution in [1.29, 1.82) is 0 Å². The van der Waals surface area contributed by atoms with Gasteiger partial charge in [0, 0.05) is 24.0 Å². The summed E-state index contributed by atoms with van der Waals surface area (Å²) in [5.74, 6) is -5.50. The third kappa shape index (κ3) is 21.6. The topological polar surface area (TPSA) is 213 Å². The Morgan fingerprint density at radius 3 is 1.05 bits per heavy atom. The third-order valence-corrected chi connectivity index (χ3v) is 1.92. The molecular weight excluding hydrogens is 325 g/mol. The first-order valence-corrected chi connectivity index (χ1v) is 5.40. The van der Waals surface area contributed by atoms with Gasteiger partial charge in [-0.3, -0.25) is 0 Å². The Hall–Kier alpha value is -0.668. The van der Waals surface area contributed by atoms with Crippen molar-refractivity contribution in [3.8, 4) is 0 Å². The van der Waals surface area contributed by atoms with Crippen molar-refractivity contribution >= 4 is 70.0 Å². The zero-order valence-corrected chi connectivity index (χ0v) is 14.6. The van der Waals surface area contributed by atoms with Crippen LogP contribution in [0.25, 0.3) is 0 Å². The summed E-state index contributed by atoms with van der Waals surface area (Å²) in [6, 6.07) is -2.42. The molecule has 0 aliphatic heterocycles. The second kappa shape index (κ2) is 16.7. The molecule has 4 N–H and O–H groups in total. The van der Waals surface area contributed by atoms with E-state index in [4.69, 9.17) is 11.5 Å². The molecule has 0 saturated carbocycles. The molecule has 0 aromatic carbocycles. The Bertz CT molecular complexity index is 333. The van der Waals surface area contributed by atoms with Gasteiger partial charge in [0.05, 0.1) is 11.9 Å². The molecule has 0 rings (SSSR count). The fraction of sp³-hybridized carbons (Fsp3) is 0.600. The molecule has 0 saturated heterocycles. The van der Waals surface area contributed by atoms with Gasteiger partial charge in [0.1, 0.15) is 0 Å². The number of nitrogens with two attached hydrogens (primary N) is 2.